The molecular weight excluding hydrogens is 230 g/mol. The third kappa shape index (κ3) is 2.26. The van der Waals surface area contributed by atoms with Gasteiger partial charge >= 0.3 is 5.97 Å². The van der Waals surface area contributed by atoms with Crippen molar-refractivity contribution in [1.82, 2.24) is 5.32 Å². The number of carboxylic acids is 1. The summed E-state index contributed by atoms with van der Waals surface area (Å²) in [4.78, 5) is 10.7. The van der Waals surface area contributed by atoms with Crippen LogP contribution in [0, 0.1) is 0 Å². The highest BCUT2D eigenvalue weighted by Gasteiger charge is 2.44. The number of hydrogen-bond donors (Lipinski definition) is 2. The van der Waals surface area contributed by atoms with E-state index < -0.39 is 5.97 Å². The smallest absolute Gasteiger partial charge is 0.320 e. The van der Waals surface area contributed by atoms with E-state index in [1.807, 2.05) is 23.5 Å². The Balaban J connectivity index is 0.000000845. The lowest BCUT2D eigenvalue weighted by Crippen LogP contribution is -2.30. The van der Waals surface area contributed by atoms with Crippen LogP contribution in [0.4, 0.5) is 0 Å². The second kappa shape index (κ2) is 4.29. The summed E-state index contributed by atoms with van der Waals surface area (Å²) in [5, 5.41) is 11.8. The van der Waals surface area contributed by atoms with Gasteiger partial charge in [0.1, 0.15) is 6.04 Å². The van der Waals surface area contributed by atoms with Crippen molar-refractivity contribution in [3.8, 4) is 0 Å². The maximum atomic E-state index is 10.7. The van der Waals surface area contributed by atoms with E-state index in [9.17, 15) is 4.79 Å². The van der Waals surface area contributed by atoms with Crippen LogP contribution < -0.4 is 5.32 Å². The monoisotopic (exact) mass is 241 g/mol. The van der Waals surface area contributed by atoms with Gasteiger partial charge in [0.2, 0.25) is 0 Å². The minimum absolute atomic E-state index is 0. The van der Waals surface area contributed by atoms with Crippen LogP contribution in [0.1, 0.15) is 6.42 Å². The molecule has 0 amide bonds. The van der Waals surface area contributed by atoms with Gasteiger partial charge < -0.3 is 10.4 Å². The molecular formula is C7H12ClNO2S2. The van der Waals surface area contributed by atoms with Crippen LogP contribution in [-0.4, -0.2) is 39.2 Å². The molecule has 3 nitrogen and oxygen atoms in total. The quantitative estimate of drug-likeness (QED) is 0.718. The lowest BCUT2D eigenvalue weighted by molar-refractivity contribution is -0.139. The fourth-order valence-corrected chi connectivity index (χ4v) is 4.81. The first-order chi connectivity index (χ1) is 5.72. The molecule has 2 fully saturated rings. The van der Waals surface area contributed by atoms with Crippen molar-refractivity contribution in [3.05, 3.63) is 0 Å². The molecule has 2 N–H and O–H groups in total. The third-order valence-electron chi connectivity index (χ3n) is 2.24. The number of carboxylic acid groups (broad SMARTS) is 1. The zero-order valence-electron chi connectivity index (χ0n) is 6.99. The Morgan fingerprint density at radius 2 is 2.08 bits per heavy atom. The van der Waals surface area contributed by atoms with E-state index >= 15 is 0 Å². The molecule has 2 aliphatic rings. The Kier molecular flexibility index (Phi) is 3.80. The minimum Gasteiger partial charge on any atom is -0.480 e. The number of nitrogens with one attached hydrogen (secondary N) is 1. The summed E-state index contributed by atoms with van der Waals surface area (Å²) < 4.78 is 0.184. The second-order valence-electron chi connectivity index (χ2n) is 3.08. The van der Waals surface area contributed by atoms with Crippen LogP contribution in [0.5, 0.6) is 0 Å². The molecule has 1 atom stereocenters. The summed E-state index contributed by atoms with van der Waals surface area (Å²) in [5.74, 6) is 1.62. The normalized spacial score (nSPS) is 30.3. The predicted molar refractivity (Wildman–Crippen MR) is 58.9 cm³/mol. The van der Waals surface area contributed by atoms with Crippen molar-refractivity contribution in [2.24, 2.45) is 0 Å². The van der Waals surface area contributed by atoms with Crippen LogP contribution in [0.3, 0.4) is 0 Å². The molecule has 2 heterocycles. The first-order valence-electron chi connectivity index (χ1n) is 3.96. The molecule has 2 aliphatic heterocycles. The van der Waals surface area contributed by atoms with Gasteiger partial charge in [0.15, 0.2) is 0 Å². The number of aliphatic carboxylic acids is 1. The van der Waals surface area contributed by atoms with Crippen molar-refractivity contribution in [2.75, 3.05) is 18.1 Å². The van der Waals surface area contributed by atoms with Gasteiger partial charge in [0, 0.05) is 18.1 Å². The first-order valence-corrected chi connectivity index (χ1v) is 5.93. The number of halogens is 1. The maximum Gasteiger partial charge on any atom is 0.320 e. The van der Waals surface area contributed by atoms with Gasteiger partial charge in [-0.05, 0) is 6.42 Å². The highest BCUT2D eigenvalue weighted by atomic mass is 35.5. The molecule has 13 heavy (non-hydrogen) atoms. The number of thioether (sulfide) groups is 2. The topological polar surface area (TPSA) is 49.3 Å². The molecule has 0 aromatic rings. The molecule has 0 saturated carbocycles. The molecule has 2 saturated heterocycles. The summed E-state index contributed by atoms with van der Waals surface area (Å²) in [6.07, 6.45) is 0.775. The molecule has 6 heteroatoms. The Morgan fingerprint density at radius 1 is 1.46 bits per heavy atom. The fourth-order valence-electron chi connectivity index (χ4n) is 1.63. The van der Waals surface area contributed by atoms with Crippen molar-refractivity contribution in [2.45, 2.75) is 16.5 Å². The SMILES string of the molecule is Cl.O=C(O)C1CC2(CN1)SCCS2. The summed E-state index contributed by atoms with van der Waals surface area (Å²) in [6, 6.07) is -0.317. The predicted octanol–water partition coefficient (Wildman–Crippen LogP) is 1.03. The Labute approximate surface area is 91.8 Å². The zero-order valence-corrected chi connectivity index (χ0v) is 9.44. The number of hydrogen-bond acceptors (Lipinski definition) is 4. The molecule has 0 radical (unpaired) electrons. The van der Waals surface area contributed by atoms with E-state index in [0.29, 0.717) is 0 Å². The van der Waals surface area contributed by atoms with E-state index in [1.165, 1.54) is 11.5 Å². The third-order valence-corrected chi connectivity index (χ3v) is 5.70. The van der Waals surface area contributed by atoms with Gasteiger partial charge in [0.05, 0.1) is 4.08 Å². The van der Waals surface area contributed by atoms with Gasteiger partial charge in [-0.3, -0.25) is 4.79 Å². The molecule has 0 aromatic heterocycles. The number of rotatable bonds is 1. The van der Waals surface area contributed by atoms with Gasteiger partial charge in [-0.2, -0.15) is 0 Å². The molecule has 1 spiro atoms. The highest BCUT2D eigenvalue weighted by molar-refractivity contribution is 8.21. The largest absolute Gasteiger partial charge is 0.480 e. The van der Waals surface area contributed by atoms with Crippen LogP contribution in [0.25, 0.3) is 0 Å². The lowest BCUT2D eigenvalue weighted by atomic mass is 10.2. The molecule has 0 aliphatic carbocycles. The summed E-state index contributed by atoms with van der Waals surface area (Å²) in [7, 11) is 0. The number of carbonyl (C=O) groups is 1. The average molecular weight is 242 g/mol. The van der Waals surface area contributed by atoms with E-state index in [2.05, 4.69) is 5.32 Å². The van der Waals surface area contributed by atoms with Crippen LogP contribution in [-0.2, 0) is 4.79 Å². The van der Waals surface area contributed by atoms with Crippen LogP contribution in [0.2, 0.25) is 0 Å². The standard InChI is InChI=1S/C7H11NO2S2.ClH/c9-6(10)5-3-7(4-8-5)11-1-2-12-7;/h5,8H,1-4H2,(H,9,10);1H. The van der Waals surface area contributed by atoms with E-state index in [1.54, 1.807) is 0 Å². The molecule has 0 aromatic carbocycles. The van der Waals surface area contributed by atoms with E-state index in [-0.39, 0.29) is 22.5 Å². The zero-order chi connectivity index (χ0) is 8.60. The Morgan fingerprint density at radius 3 is 2.54 bits per heavy atom. The van der Waals surface area contributed by atoms with Gasteiger partial charge in [-0.1, -0.05) is 0 Å². The minimum atomic E-state index is -0.708. The Bertz CT molecular complexity index is 209. The average Bonchev–Trinajstić information content (AvgIpc) is 2.62. The molecule has 0 bridgehead atoms. The molecule has 1 unspecified atom stereocenters. The van der Waals surface area contributed by atoms with Gasteiger partial charge in [0.25, 0.3) is 0 Å². The van der Waals surface area contributed by atoms with Crippen LogP contribution in [0.15, 0.2) is 0 Å². The van der Waals surface area contributed by atoms with Crippen LogP contribution >= 0.6 is 35.9 Å². The maximum absolute atomic E-state index is 10.7. The first kappa shape index (κ1) is 11.5. The van der Waals surface area contributed by atoms with Crippen molar-refractivity contribution in [1.29, 1.82) is 0 Å². The van der Waals surface area contributed by atoms with Crippen molar-refractivity contribution in [3.63, 3.8) is 0 Å². The van der Waals surface area contributed by atoms with Gasteiger partial charge in [-0.15, -0.1) is 35.9 Å². The van der Waals surface area contributed by atoms with E-state index in [4.69, 9.17) is 5.11 Å². The van der Waals surface area contributed by atoms with Crippen molar-refractivity contribution >= 4 is 41.9 Å². The highest BCUT2D eigenvalue weighted by Crippen LogP contribution is 2.48. The summed E-state index contributed by atoms with van der Waals surface area (Å²) in [5.41, 5.74) is 0. The second-order valence-corrected chi connectivity index (χ2v) is 6.30. The van der Waals surface area contributed by atoms with E-state index in [0.717, 1.165) is 13.0 Å². The van der Waals surface area contributed by atoms with Gasteiger partial charge in [-0.25, -0.2) is 0 Å². The Hall–Kier alpha value is 0.420. The molecule has 2 rings (SSSR count). The lowest BCUT2D eigenvalue weighted by Gasteiger charge is -2.18. The molecule has 76 valence electrons. The fraction of sp³-hybridized carbons (Fsp3) is 0.857. The summed E-state index contributed by atoms with van der Waals surface area (Å²) in [6.45, 7) is 0.847. The van der Waals surface area contributed by atoms with Crippen molar-refractivity contribution < 1.29 is 9.90 Å². The summed E-state index contributed by atoms with van der Waals surface area (Å²) >= 11 is 3.82.